The van der Waals surface area contributed by atoms with E-state index < -0.39 is 0 Å². The lowest BCUT2D eigenvalue weighted by Crippen LogP contribution is -2.37. The van der Waals surface area contributed by atoms with Crippen molar-refractivity contribution in [3.05, 3.63) is 60.2 Å². The van der Waals surface area contributed by atoms with Crippen molar-refractivity contribution >= 4 is 5.91 Å². The SMILES string of the molecule is O=C(Cn1nnnc1CN1CCOCC1)N[C@@H](Cn1cccn1)c1ccccc1. The Morgan fingerprint density at radius 1 is 1.17 bits per heavy atom. The zero-order valence-corrected chi connectivity index (χ0v) is 16.1. The van der Waals surface area contributed by atoms with Gasteiger partial charge in [0.05, 0.1) is 32.3 Å². The van der Waals surface area contributed by atoms with Gasteiger partial charge in [0.2, 0.25) is 5.91 Å². The highest BCUT2D eigenvalue weighted by molar-refractivity contribution is 5.76. The first kappa shape index (κ1) is 19.2. The molecule has 10 heteroatoms. The van der Waals surface area contributed by atoms with Crippen LogP contribution >= 0.6 is 0 Å². The van der Waals surface area contributed by atoms with Gasteiger partial charge < -0.3 is 10.1 Å². The standard InChI is InChI=1S/C19H24N8O2/c28-19(15-27-18(22-23-24-27)14-25-9-11-29-12-10-25)21-17(13-26-8-4-7-20-26)16-5-2-1-3-6-16/h1-8,17H,9-15H2,(H,21,28)/t17-/m0/s1. The third-order valence-corrected chi connectivity index (χ3v) is 4.83. The minimum atomic E-state index is -0.206. The number of morpholine rings is 1. The smallest absolute Gasteiger partial charge is 0.242 e. The molecule has 0 aliphatic carbocycles. The van der Waals surface area contributed by atoms with Gasteiger partial charge in [0.15, 0.2) is 5.82 Å². The summed E-state index contributed by atoms with van der Waals surface area (Å²) in [5.41, 5.74) is 1.02. The number of ether oxygens (including phenoxy) is 1. The molecule has 0 bridgehead atoms. The summed E-state index contributed by atoms with van der Waals surface area (Å²) in [7, 11) is 0. The second-order valence-electron chi connectivity index (χ2n) is 6.90. The van der Waals surface area contributed by atoms with E-state index in [2.05, 4.69) is 30.8 Å². The Labute approximate surface area is 168 Å². The first-order valence-corrected chi connectivity index (χ1v) is 9.65. The predicted octanol–water partition coefficient (Wildman–Crippen LogP) is 0.260. The molecule has 1 N–H and O–H groups in total. The van der Waals surface area contributed by atoms with E-state index in [0.29, 0.717) is 32.1 Å². The molecule has 1 fully saturated rings. The lowest BCUT2D eigenvalue weighted by molar-refractivity contribution is -0.122. The fourth-order valence-electron chi connectivity index (χ4n) is 3.31. The van der Waals surface area contributed by atoms with E-state index in [1.165, 1.54) is 0 Å². The fourth-order valence-corrected chi connectivity index (χ4v) is 3.31. The number of carbonyl (C=O) groups excluding carboxylic acids is 1. The molecule has 3 aromatic rings. The van der Waals surface area contributed by atoms with Crippen LogP contribution in [0.1, 0.15) is 17.4 Å². The number of amides is 1. The van der Waals surface area contributed by atoms with E-state index in [0.717, 1.165) is 18.7 Å². The van der Waals surface area contributed by atoms with Crippen LogP contribution in [0.15, 0.2) is 48.8 Å². The second kappa shape index (κ2) is 9.39. The molecule has 1 atom stereocenters. The second-order valence-corrected chi connectivity index (χ2v) is 6.90. The van der Waals surface area contributed by atoms with E-state index in [4.69, 9.17) is 4.74 Å². The van der Waals surface area contributed by atoms with Crippen LogP contribution in [0.5, 0.6) is 0 Å². The number of nitrogens with zero attached hydrogens (tertiary/aromatic N) is 7. The maximum atomic E-state index is 12.8. The summed E-state index contributed by atoms with van der Waals surface area (Å²) < 4.78 is 8.73. The highest BCUT2D eigenvalue weighted by atomic mass is 16.5. The summed E-state index contributed by atoms with van der Waals surface area (Å²) in [6.07, 6.45) is 3.60. The molecule has 0 spiro atoms. The van der Waals surface area contributed by atoms with Crippen molar-refractivity contribution in [1.82, 2.24) is 40.2 Å². The van der Waals surface area contributed by atoms with E-state index in [-0.39, 0.29) is 18.5 Å². The van der Waals surface area contributed by atoms with E-state index >= 15 is 0 Å². The number of tetrazole rings is 1. The van der Waals surface area contributed by atoms with E-state index in [1.54, 1.807) is 15.6 Å². The highest BCUT2D eigenvalue weighted by Crippen LogP contribution is 2.15. The molecule has 1 amide bonds. The molecule has 29 heavy (non-hydrogen) atoms. The van der Waals surface area contributed by atoms with Gasteiger partial charge >= 0.3 is 0 Å². The molecular weight excluding hydrogens is 372 g/mol. The van der Waals surface area contributed by atoms with Crippen molar-refractivity contribution < 1.29 is 9.53 Å². The quantitative estimate of drug-likeness (QED) is 0.582. The van der Waals surface area contributed by atoms with Crippen LogP contribution < -0.4 is 5.32 Å². The minimum Gasteiger partial charge on any atom is -0.379 e. The topological polar surface area (TPSA) is 103 Å². The van der Waals surface area contributed by atoms with Crippen LogP contribution in [0, 0.1) is 0 Å². The molecule has 10 nitrogen and oxygen atoms in total. The molecule has 0 radical (unpaired) electrons. The number of rotatable bonds is 8. The average Bonchev–Trinajstić information content (AvgIpc) is 3.41. The number of benzene rings is 1. The summed E-state index contributed by atoms with van der Waals surface area (Å²) in [5.74, 6) is 0.520. The maximum absolute atomic E-state index is 12.8. The van der Waals surface area contributed by atoms with Gasteiger partial charge in [-0.25, -0.2) is 4.68 Å². The maximum Gasteiger partial charge on any atom is 0.242 e. The predicted molar refractivity (Wildman–Crippen MR) is 103 cm³/mol. The van der Waals surface area contributed by atoms with Crippen LogP contribution in [0.3, 0.4) is 0 Å². The number of aromatic nitrogens is 6. The van der Waals surface area contributed by atoms with Gasteiger partial charge in [-0.2, -0.15) is 5.10 Å². The number of nitrogens with one attached hydrogen (secondary N) is 1. The minimum absolute atomic E-state index is 0.0646. The van der Waals surface area contributed by atoms with Crippen molar-refractivity contribution in [3.63, 3.8) is 0 Å². The van der Waals surface area contributed by atoms with Crippen molar-refractivity contribution in [2.75, 3.05) is 26.3 Å². The third kappa shape index (κ3) is 5.24. The number of carbonyl (C=O) groups is 1. The monoisotopic (exact) mass is 396 g/mol. The Kier molecular flexibility index (Phi) is 6.22. The molecule has 2 aromatic heterocycles. The molecule has 1 saturated heterocycles. The summed E-state index contributed by atoms with van der Waals surface area (Å²) in [6, 6.07) is 11.5. The normalized spacial score (nSPS) is 15.9. The average molecular weight is 396 g/mol. The van der Waals surface area contributed by atoms with Gasteiger partial charge in [0.1, 0.15) is 6.54 Å². The lowest BCUT2D eigenvalue weighted by atomic mass is 10.1. The summed E-state index contributed by atoms with van der Waals surface area (Å²) in [5, 5.41) is 19.2. The zero-order valence-electron chi connectivity index (χ0n) is 16.1. The van der Waals surface area contributed by atoms with Crippen molar-refractivity contribution in [2.45, 2.75) is 25.7 Å². The van der Waals surface area contributed by atoms with Gasteiger partial charge in [-0.05, 0) is 22.1 Å². The number of hydrogen-bond donors (Lipinski definition) is 1. The van der Waals surface area contributed by atoms with Crippen LogP contribution in [-0.4, -0.2) is 67.1 Å². The summed E-state index contributed by atoms with van der Waals surface area (Å²) in [4.78, 5) is 15.0. The molecule has 0 saturated carbocycles. The van der Waals surface area contributed by atoms with Gasteiger partial charge in [0, 0.05) is 25.5 Å². The zero-order chi connectivity index (χ0) is 19.9. The Bertz CT molecular complexity index is 890. The first-order valence-electron chi connectivity index (χ1n) is 9.65. The van der Waals surface area contributed by atoms with Crippen molar-refractivity contribution in [2.24, 2.45) is 0 Å². The van der Waals surface area contributed by atoms with Gasteiger partial charge in [0.25, 0.3) is 0 Å². The molecule has 4 rings (SSSR count). The molecule has 0 unspecified atom stereocenters. The lowest BCUT2D eigenvalue weighted by Gasteiger charge is -2.25. The Hall–Kier alpha value is -3.11. The highest BCUT2D eigenvalue weighted by Gasteiger charge is 2.19. The fraction of sp³-hybridized carbons (Fsp3) is 0.421. The Balaban J connectivity index is 1.41. The van der Waals surface area contributed by atoms with Gasteiger partial charge in [-0.3, -0.25) is 14.4 Å². The largest absolute Gasteiger partial charge is 0.379 e. The van der Waals surface area contributed by atoms with Crippen molar-refractivity contribution in [1.29, 1.82) is 0 Å². The van der Waals surface area contributed by atoms with Crippen LogP contribution in [-0.2, 0) is 29.2 Å². The van der Waals surface area contributed by atoms with Gasteiger partial charge in [-0.1, -0.05) is 30.3 Å². The van der Waals surface area contributed by atoms with Crippen LogP contribution in [0.25, 0.3) is 0 Å². The molecule has 3 heterocycles. The third-order valence-electron chi connectivity index (χ3n) is 4.83. The van der Waals surface area contributed by atoms with Crippen molar-refractivity contribution in [3.8, 4) is 0 Å². The summed E-state index contributed by atoms with van der Waals surface area (Å²) in [6.45, 7) is 4.27. The molecule has 1 aliphatic rings. The number of hydrogen-bond acceptors (Lipinski definition) is 7. The van der Waals surface area contributed by atoms with Gasteiger partial charge in [-0.15, -0.1) is 5.10 Å². The van der Waals surface area contributed by atoms with E-state index in [9.17, 15) is 4.79 Å². The van der Waals surface area contributed by atoms with Crippen LogP contribution in [0.2, 0.25) is 0 Å². The molecule has 1 aromatic carbocycles. The molecule has 1 aliphatic heterocycles. The van der Waals surface area contributed by atoms with E-state index in [1.807, 2.05) is 42.6 Å². The molecule has 152 valence electrons. The summed E-state index contributed by atoms with van der Waals surface area (Å²) >= 11 is 0. The molecular formula is C19H24N8O2. The Morgan fingerprint density at radius 2 is 2.00 bits per heavy atom. The first-order chi connectivity index (χ1) is 14.3. The van der Waals surface area contributed by atoms with Crippen LogP contribution in [0.4, 0.5) is 0 Å². The Morgan fingerprint density at radius 3 is 2.76 bits per heavy atom.